The summed E-state index contributed by atoms with van der Waals surface area (Å²) < 4.78 is 26.4. The molecule has 1 aromatic carbocycles. The van der Waals surface area contributed by atoms with E-state index in [4.69, 9.17) is 11.6 Å². The number of nitrogens with zero attached hydrogens (tertiary/aromatic N) is 1. The molecule has 19 heavy (non-hydrogen) atoms. The fraction of sp³-hybridized carbons (Fsp3) is 0.400. The number of phenolic OH excluding ortho intramolecular Hbond substituents is 1. The van der Waals surface area contributed by atoms with Gasteiger partial charge in [-0.1, -0.05) is 11.6 Å². The van der Waals surface area contributed by atoms with Crippen LogP contribution in [0, 0.1) is 10.1 Å². The second kappa shape index (κ2) is 4.95. The molecule has 9 heteroatoms. The van der Waals surface area contributed by atoms with Crippen molar-refractivity contribution in [1.29, 1.82) is 0 Å². The van der Waals surface area contributed by atoms with Crippen molar-refractivity contribution < 1.29 is 18.4 Å². The third kappa shape index (κ3) is 3.79. The van der Waals surface area contributed by atoms with Crippen molar-refractivity contribution in [2.75, 3.05) is 0 Å². The number of phenols is 1. The van der Waals surface area contributed by atoms with Crippen LogP contribution in [0.15, 0.2) is 17.0 Å². The number of benzene rings is 1. The summed E-state index contributed by atoms with van der Waals surface area (Å²) in [6.07, 6.45) is 0. The first-order valence-corrected chi connectivity index (χ1v) is 7.01. The lowest BCUT2D eigenvalue weighted by atomic mass is 10.1. The van der Waals surface area contributed by atoms with Crippen LogP contribution in [0.3, 0.4) is 0 Å². The molecule has 1 aromatic rings. The summed E-state index contributed by atoms with van der Waals surface area (Å²) >= 11 is 5.59. The topological polar surface area (TPSA) is 110 Å². The predicted octanol–water partition coefficient (Wildman–Crippen LogP) is 2.03. The molecule has 0 heterocycles. The molecule has 106 valence electrons. The molecule has 0 fully saturated rings. The summed E-state index contributed by atoms with van der Waals surface area (Å²) in [4.78, 5) is 9.27. The lowest BCUT2D eigenvalue weighted by molar-refractivity contribution is -0.385. The Morgan fingerprint density at radius 1 is 1.37 bits per heavy atom. The third-order valence-electron chi connectivity index (χ3n) is 1.95. The van der Waals surface area contributed by atoms with Crippen molar-refractivity contribution in [2.24, 2.45) is 0 Å². The van der Waals surface area contributed by atoms with Gasteiger partial charge in [-0.2, -0.15) is 0 Å². The maximum atomic E-state index is 12.0. The van der Waals surface area contributed by atoms with Gasteiger partial charge in [0.25, 0.3) is 5.69 Å². The van der Waals surface area contributed by atoms with Gasteiger partial charge in [0.2, 0.25) is 10.0 Å². The lowest BCUT2D eigenvalue weighted by Crippen LogP contribution is -2.40. The van der Waals surface area contributed by atoms with Crippen molar-refractivity contribution in [1.82, 2.24) is 4.72 Å². The normalized spacial score (nSPS) is 12.4. The maximum absolute atomic E-state index is 12.0. The van der Waals surface area contributed by atoms with Gasteiger partial charge < -0.3 is 5.11 Å². The highest BCUT2D eigenvalue weighted by Crippen LogP contribution is 2.35. The van der Waals surface area contributed by atoms with E-state index < -0.39 is 41.8 Å². The van der Waals surface area contributed by atoms with Crippen molar-refractivity contribution >= 4 is 27.3 Å². The summed E-state index contributed by atoms with van der Waals surface area (Å²) in [6, 6.07) is 1.64. The number of nitro groups is 1. The van der Waals surface area contributed by atoms with Crippen LogP contribution in [-0.2, 0) is 10.0 Å². The van der Waals surface area contributed by atoms with Gasteiger partial charge in [-0.15, -0.1) is 0 Å². The van der Waals surface area contributed by atoms with Crippen LogP contribution in [-0.4, -0.2) is 24.0 Å². The van der Waals surface area contributed by atoms with E-state index in [0.717, 1.165) is 12.1 Å². The van der Waals surface area contributed by atoms with E-state index in [1.54, 1.807) is 20.8 Å². The van der Waals surface area contributed by atoms with Gasteiger partial charge in [0.1, 0.15) is 4.90 Å². The van der Waals surface area contributed by atoms with Crippen molar-refractivity contribution in [3.63, 3.8) is 0 Å². The molecule has 0 aliphatic rings. The number of nitro benzene ring substituents is 1. The zero-order valence-electron chi connectivity index (χ0n) is 10.5. The van der Waals surface area contributed by atoms with E-state index in [9.17, 15) is 23.6 Å². The average molecular weight is 309 g/mol. The fourth-order valence-electron chi connectivity index (χ4n) is 1.33. The fourth-order valence-corrected chi connectivity index (χ4v) is 3.15. The summed E-state index contributed by atoms with van der Waals surface area (Å²) in [5.74, 6) is -0.719. The number of hydrogen-bond acceptors (Lipinski definition) is 5. The number of rotatable bonds is 3. The van der Waals surface area contributed by atoms with Crippen LogP contribution < -0.4 is 4.72 Å². The molecular formula is C10H13ClN2O5S. The minimum atomic E-state index is -4.12. The van der Waals surface area contributed by atoms with Crippen molar-refractivity contribution in [3.8, 4) is 5.75 Å². The van der Waals surface area contributed by atoms with Crippen LogP contribution in [0.2, 0.25) is 5.02 Å². The van der Waals surface area contributed by atoms with Crippen LogP contribution in [0.1, 0.15) is 20.8 Å². The molecule has 0 atom stereocenters. The van der Waals surface area contributed by atoms with Gasteiger partial charge in [0.15, 0.2) is 5.75 Å². The summed E-state index contributed by atoms with van der Waals surface area (Å²) in [6.45, 7) is 4.79. The quantitative estimate of drug-likeness (QED) is 0.656. The van der Waals surface area contributed by atoms with E-state index in [0.29, 0.717) is 0 Å². The third-order valence-corrected chi connectivity index (χ3v) is 4.01. The molecule has 0 aromatic heterocycles. The van der Waals surface area contributed by atoms with Gasteiger partial charge in [-0.05, 0) is 20.8 Å². The standard InChI is InChI=1S/C10H13ClN2O5S/c1-10(2,3)12-19(17,18)8-5-6(13(15)16)4-7(11)9(8)14/h4-5,12,14H,1-3H3. The Morgan fingerprint density at radius 2 is 1.89 bits per heavy atom. The van der Waals surface area contributed by atoms with Gasteiger partial charge in [0, 0.05) is 17.7 Å². The molecular weight excluding hydrogens is 296 g/mol. The zero-order chi connectivity index (χ0) is 15.0. The highest BCUT2D eigenvalue weighted by Gasteiger charge is 2.28. The molecule has 7 nitrogen and oxygen atoms in total. The summed E-state index contributed by atoms with van der Waals surface area (Å²) in [7, 11) is -4.12. The maximum Gasteiger partial charge on any atom is 0.272 e. The van der Waals surface area contributed by atoms with Crippen LogP contribution in [0.4, 0.5) is 5.69 Å². The second-order valence-electron chi connectivity index (χ2n) is 4.89. The van der Waals surface area contributed by atoms with Gasteiger partial charge in [-0.3, -0.25) is 10.1 Å². The predicted molar refractivity (Wildman–Crippen MR) is 69.8 cm³/mol. The van der Waals surface area contributed by atoms with Crippen molar-refractivity contribution in [3.05, 3.63) is 27.3 Å². The average Bonchev–Trinajstić information content (AvgIpc) is 2.17. The Morgan fingerprint density at radius 3 is 2.32 bits per heavy atom. The Kier molecular flexibility index (Phi) is 4.08. The largest absolute Gasteiger partial charge is 0.505 e. The van der Waals surface area contributed by atoms with Crippen molar-refractivity contribution in [2.45, 2.75) is 31.2 Å². The Labute approximate surface area is 115 Å². The van der Waals surface area contributed by atoms with E-state index >= 15 is 0 Å². The number of halogens is 1. The van der Waals surface area contributed by atoms with E-state index in [-0.39, 0.29) is 0 Å². The molecule has 0 saturated heterocycles. The molecule has 2 N–H and O–H groups in total. The Hall–Kier alpha value is -1.38. The van der Waals surface area contributed by atoms with E-state index in [1.165, 1.54) is 0 Å². The molecule has 0 aliphatic heterocycles. The number of aromatic hydroxyl groups is 1. The SMILES string of the molecule is CC(C)(C)NS(=O)(=O)c1cc([N+](=O)[O-])cc(Cl)c1O. The zero-order valence-corrected chi connectivity index (χ0v) is 12.0. The van der Waals surface area contributed by atoms with Gasteiger partial charge >= 0.3 is 0 Å². The highest BCUT2D eigenvalue weighted by atomic mass is 35.5. The van der Waals surface area contributed by atoms with Crippen LogP contribution in [0.25, 0.3) is 0 Å². The molecule has 0 saturated carbocycles. The summed E-state index contributed by atoms with van der Waals surface area (Å²) in [5, 5.41) is 19.9. The van der Waals surface area contributed by atoms with Crippen LogP contribution in [0.5, 0.6) is 5.75 Å². The number of nitrogens with one attached hydrogen (secondary N) is 1. The lowest BCUT2D eigenvalue weighted by Gasteiger charge is -2.20. The first-order chi connectivity index (χ1) is 8.44. The molecule has 1 rings (SSSR count). The van der Waals surface area contributed by atoms with E-state index in [2.05, 4.69) is 4.72 Å². The molecule has 0 aliphatic carbocycles. The molecule has 0 radical (unpaired) electrons. The molecule has 0 spiro atoms. The minimum absolute atomic E-state index is 0.400. The minimum Gasteiger partial charge on any atom is -0.505 e. The van der Waals surface area contributed by atoms with Crippen LogP contribution >= 0.6 is 11.6 Å². The highest BCUT2D eigenvalue weighted by molar-refractivity contribution is 7.89. The number of hydrogen-bond donors (Lipinski definition) is 2. The van der Waals surface area contributed by atoms with E-state index in [1.807, 2.05) is 0 Å². The molecule has 0 amide bonds. The Balaban J connectivity index is 3.46. The number of non-ortho nitro benzene ring substituents is 1. The van der Waals surface area contributed by atoms with Gasteiger partial charge in [0.05, 0.1) is 9.95 Å². The molecule has 0 bridgehead atoms. The number of sulfonamides is 1. The van der Waals surface area contributed by atoms with Gasteiger partial charge in [-0.25, -0.2) is 13.1 Å². The second-order valence-corrected chi connectivity index (χ2v) is 6.94. The smallest absolute Gasteiger partial charge is 0.272 e. The molecule has 0 unspecified atom stereocenters. The monoisotopic (exact) mass is 308 g/mol. The first-order valence-electron chi connectivity index (χ1n) is 5.15. The summed E-state index contributed by atoms with van der Waals surface area (Å²) in [5.41, 5.74) is -1.32. The Bertz CT molecular complexity index is 622. The first kappa shape index (κ1) is 15.7.